The van der Waals surface area contributed by atoms with Crippen LogP contribution >= 0.6 is 0 Å². The van der Waals surface area contributed by atoms with Crippen LogP contribution in [0.25, 0.3) is 0 Å². The van der Waals surface area contributed by atoms with Gasteiger partial charge in [0.25, 0.3) is 0 Å². The topological polar surface area (TPSA) is 66.7 Å². The van der Waals surface area contributed by atoms with Gasteiger partial charge in [-0.1, -0.05) is 0 Å². The van der Waals surface area contributed by atoms with E-state index in [1.165, 1.54) is 18.2 Å². The lowest BCUT2D eigenvalue weighted by Crippen LogP contribution is -1.98. The minimum absolute atomic E-state index is 0.197. The molecule has 0 bridgehead atoms. The second-order valence-electron chi connectivity index (χ2n) is 2.40. The lowest BCUT2D eigenvalue weighted by atomic mass is 10.1. The SMILES string of the molecule is Cc1cc(N=O)ccc1C(=O)O. The maximum absolute atomic E-state index is 10.5. The molecule has 0 amide bonds. The van der Waals surface area contributed by atoms with Crippen molar-refractivity contribution >= 4 is 11.7 Å². The average molecular weight is 165 g/mol. The van der Waals surface area contributed by atoms with Gasteiger partial charge in [0, 0.05) is 0 Å². The highest BCUT2D eigenvalue weighted by molar-refractivity contribution is 5.89. The first-order chi connectivity index (χ1) is 5.65. The van der Waals surface area contributed by atoms with Crippen molar-refractivity contribution in [2.45, 2.75) is 6.92 Å². The molecule has 0 atom stereocenters. The van der Waals surface area contributed by atoms with Gasteiger partial charge in [-0.15, -0.1) is 4.91 Å². The first-order valence-corrected chi connectivity index (χ1v) is 3.32. The fourth-order valence-electron chi connectivity index (χ4n) is 0.945. The number of carboxylic acid groups (broad SMARTS) is 1. The molecular weight excluding hydrogens is 158 g/mol. The van der Waals surface area contributed by atoms with Gasteiger partial charge in [0.05, 0.1) is 5.56 Å². The molecule has 0 aliphatic carbocycles. The molecule has 0 heterocycles. The number of carbonyl (C=O) groups is 1. The van der Waals surface area contributed by atoms with Crippen molar-refractivity contribution < 1.29 is 9.90 Å². The second kappa shape index (κ2) is 3.13. The zero-order valence-electron chi connectivity index (χ0n) is 6.44. The molecule has 0 unspecified atom stereocenters. The molecule has 12 heavy (non-hydrogen) atoms. The molecule has 4 heteroatoms. The molecule has 62 valence electrons. The largest absolute Gasteiger partial charge is 0.478 e. The summed E-state index contributed by atoms with van der Waals surface area (Å²) in [7, 11) is 0. The van der Waals surface area contributed by atoms with Crippen molar-refractivity contribution in [1.82, 2.24) is 0 Å². The molecule has 0 saturated carbocycles. The molecule has 0 spiro atoms. The standard InChI is InChI=1S/C8H7NO3/c1-5-4-6(9-12)2-3-7(5)8(10)11/h2-4H,1H3,(H,10,11). The van der Waals surface area contributed by atoms with Gasteiger partial charge in [-0.05, 0) is 35.9 Å². The van der Waals surface area contributed by atoms with E-state index in [-0.39, 0.29) is 11.3 Å². The van der Waals surface area contributed by atoms with Gasteiger partial charge in [-0.25, -0.2) is 4.79 Å². The van der Waals surface area contributed by atoms with E-state index in [1.807, 2.05) is 0 Å². The van der Waals surface area contributed by atoms with Gasteiger partial charge in [-0.2, -0.15) is 0 Å². The fourth-order valence-corrected chi connectivity index (χ4v) is 0.945. The molecule has 1 N–H and O–H groups in total. The van der Waals surface area contributed by atoms with Gasteiger partial charge in [0.1, 0.15) is 5.69 Å². The van der Waals surface area contributed by atoms with Crippen LogP contribution in [0.3, 0.4) is 0 Å². The predicted molar refractivity (Wildman–Crippen MR) is 43.6 cm³/mol. The number of carboxylic acids is 1. The number of hydrogen-bond donors (Lipinski definition) is 1. The fraction of sp³-hybridized carbons (Fsp3) is 0.125. The molecule has 0 aliphatic rings. The summed E-state index contributed by atoms with van der Waals surface area (Å²) in [6.45, 7) is 1.62. The predicted octanol–water partition coefficient (Wildman–Crippen LogP) is 2.09. The van der Waals surface area contributed by atoms with E-state index in [1.54, 1.807) is 6.92 Å². The van der Waals surface area contributed by atoms with E-state index in [2.05, 4.69) is 5.18 Å². The summed E-state index contributed by atoms with van der Waals surface area (Å²) in [6.07, 6.45) is 0. The number of rotatable bonds is 2. The van der Waals surface area contributed by atoms with Crippen molar-refractivity contribution in [1.29, 1.82) is 0 Å². The molecule has 0 fully saturated rings. The first-order valence-electron chi connectivity index (χ1n) is 3.32. The van der Waals surface area contributed by atoms with Crippen LogP contribution in [0, 0.1) is 11.8 Å². The van der Waals surface area contributed by atoms with Gasteiger partial charge in [-0.3, -0.25) is 0 Å². The summed E-state index contributed by atoms with van der Waals surface area (Å²) < 4.78 is 0. The van der Waals surface area contributed by atoms with Crippen LogP contribution in [0.5, 0.6) is 0 Å². The van der Waals surface area contributed by atoms with E-state index in [4.69, 9.17) is 5.11 Å². The van der Waals surface area contributed by atoms with Crippen LogP contribution in [0.1, 0.15) is 15.9 Å². The third-order valence-electron chi connectivity index (χ3n) is 1.55. The maximum atomic E-state index is 10.5. The Morgan fingerprint density at radius 2 is 2.17 bits per heavy atom. The molecule has 0 radical (unpaired) electrons. The molecule has 0 aliphatic heterocycles. The average Bonchev–Trinajstić information content (AvgIpc) is 2.03. The number of hydrogen-bond acceptors (Lipinski definition) is 3. The quantitative estimate of drug-likeness (QED) is 0.682. The van der Waals surface area contributed by atoms with Crippen molar-refractivity contribution in [2.24, 2.45) is 5.18 Å². The number of benzene rings is 1. The van der Waals surface area contributed by atoms with Gasteiger partial charge < -0.3 is 5.11 Å². The highest BCUT2D eigenvalue weighted by atomic mass is 16.4. The Morgan fingerprint density at radius 3 is 2.58 bits per heavy atom. The van der Waals surface area contributed by atoms with E-state index in [9.17, 15) is 9.70 Å². The zero-order valence-corrected chi connectivity index (χ0v) is 6.44. The van der Waals surface area contributed by atoms with Gasteiger partial charge >= 0.3 is 5.97 Å². The van der Waals surface area contributed by atoms with E-state index < -0.39 is 5.97 Å². The summed E-state index contributed by atoms with van der Waals surface area (Å²) in [5.41, 5.74) is 0.986. The second-order valence-corrected chi connectivity index (χ2v) is 2.40. The van der Waals surface area contributed by atoms with Crippen LogP contribution in [-0.4, -0.2) is 11.1 Å². The summed E-state index contributed by atoms with van der Waals surface area (Å²) in [5, 5.41) is 11.3. The monoisotopic (exact) mass is 165 g/mol. The molecule has 0 aromatic heterocycles. The highest BCUT2D eigenvalue weighted by Crippen LogP contribution is 2.16. The Balaban J connectivity index is 3.20. The third-order valence-corrected chi connectivity index (χ3v) is 1.55. The Kier molecular flexibility index (Phi) is 2.19. The number of aryl methyl sites for hydroxylation is 1. The Morgan fingerprint density at radius 1 is 1.50 bits per heavy atom. The summed E-state index contributed by atoms with van der Waals surface area (Å²) in [4.78, 5) is 20.6. The van der Waals surface area contributed by atoms with Gasteiger partial charge in [0.2, 0.25) is 0 Å². The van der Waals surface area contributed by atoms with Crippen LogP contribution in [0.4, 0.5) is 5.69 Å². The lowest BCUT2D eigenvalue weighted by molar-refractivity contribution is 0.0696. The van der Waals surface area contributed by atoms with E-state index in [0.29, 0.717) is 5.56 Å². The van der Waals surface area contributed by atoms with Crippen LogP contribution in [-0.2, 0) is 0 Å². The van der Waals surface area contributed by atoms with E-state index in [0.717, 1.165) is 0 Å². The van der Waals surface area contributed by atoms with Crippen molar-refractivity contribution in [3.63, 3.8) is 0 Å². The van der Waals surface area contributed by atoms with Crippen molar-refractivity contribution in [2.75, 3.05) is 0 Å². The molecule has 1 rings (SSSR count). The molecule has 4 nitrogen and oxygen atoms in total. The highest BCUT2D eigenvalue weighted by Gasteiger charge is 2.06. The van der Waals surface area contributed by atoms with Crippen LogP contribution in [0.2, 0.25) is 0 Å². The summed E-state index contributed by atoms with van der Waals surface area (Å²) >= 11 is 0. The zero-order chi connectivity index (χ0) is 9.14. The molecular formula is C8H7NO3. The Hall–Kier alpha value is -1.71. The third kappa shape index (κ3) is 1.47. The van der Waals surface area contributed by atoms with Gasteiger partial charge in [0.15, 0.2) is 0 Å². The number of nitroso groups, excluding NO2 is 1. The summed E-state index contributed by atoms with van der Waals surface area (Å²) in [6, 6.07) is 4.19. The van der Waals surface area contributed by atoms with Crippen molar-refractivity contribution in [3.05, 3.63) is 34.2 Å². The summed E-state index contributed by atoms with van der Waals surface area (Å²) in [5.74, 6) is -0.995. The smallest absolute Gasteiger partial charge is 0.335 e. The van der Waals surface area contributed by atoms with E-state index >= 15 is 0 Å². The molecule has 1 aromatic rings. The lowest BCUT2D eigenvalue weighted by Gasteiger charge is -1.98. The Bertz CT molecular complexity index is 333. The van der Waals surface area contributed by atoms with Crippen LogP contribution in [0.15, 0.2) is 23.4 Å². The number of nitrogens with zero attached hydrogens (tertiary/aromatic N) is 1. The first kappa shape index (κ1) is 8.39. The minimum Gasteiger partial charge on any atom is -0.478 e. The molecule has 1 aromatic carbocycles. The van der Waals surface area contributed by atoms with Crippen LogP contribution < -0.4 is 0 Å². The maximum Gasteiger partial charge on any atom is 0.335 e. The number of aromatic carboxylic acids is 1. The molecule has 0 saturated heterocycles. The normalized spacial score (nSPS) is 9.42. The Labute approximate surface area is 68.8 Å². The van der Waals surface area contributed by atoms with Crippen molar-refractivity contribution in [3.8, 4) is 0 Å². The minimum atomic E-state index is -0.995.